The summed E-state index contributed by atoms with van der Waals surface area (Å²) in [6, 6.07) is 1.74. The topological polar surface area (TPSA) is 98.4 Å². The van der Waals surface area contributed by atoms with E-state index in [-0.39, 0.29) is 37.1 Å². The molecule has 8 nitrogen and oxygen atoms in total. The fourth-order valence-corrected chi connectivity index (χ4v) is 5.84. The van der Waals surface area contributed by atoms with Crippen LogP contribution in [0.5, 0.6) is 0 Å². The molecule has 0 spiro atoms. The molecule has 0 aromatic carbocycles. The van der Waals surface area contributed by atoms with Gasteiger partial charge in [0.1, 0.15) is 11.7 Å². The summed E-state index contributed by atoms with van der Waals surface area (Å²) in [6.07, 6.45) is -3.39. The van der Waals surface area contributed by atoms with Gasteiger partial charge in [0.15, 0.2) is 0 Å². The van der Waals surface area contributed by atoms with Crippen LogP contribution < -0.4 is 5.32 Å². The van der Waals surface area contributed by atoms with E-state index in [2.05, 4.69) is 15.3 Å². The highest BCUT2D eigenvalue weighted by molar-refractivity contribution is 7.89. The minimum absolute atomic E-state index is 0.0453. The highest BCUT2D eigenvalue weighted by atomic mass is 32.2. The van der Waals surface area contributed by atoms with Gasteiger partial charge in [-0.1, -0.05) is 0 Å². The van der Waals surface area contributed by atoms with Crippen LogP contribution in [-0.2, 0) is 14.8 Å². The number of piperidine rings is 1. The first-order chi connectivity index (χ1) is 15.0. The van der Waals surface area contributed by atoms with E-state index < -0.39 is 35.0 Å². The average molecular weight is 474 g/mol. The molecule has 3 atom stereocenters. The predicted octanol–water partition coefficient (Wildman–Crippen LogP) is 2.09. The molecule has 12 heteroatoms. The Labute approximate surface area is 184 Å². The van der Waals surface area contributed by atoms with Gasteiger partial charge in [0, 0.05) is 43.3 Å². The third-order valence-electron chi connectivity index (χ3n) is 6.33. The summed E-state index contributed by atoms with van der Waals surface area (Å²) in [6.45, 7) is 2.47. The molecule has 0 bridgehead atoms. The minimum Gasteiger partial charge on any atom is -0.344 e. The molecule has 2 aromatic rings. The number of aromatic nitrogens is 2. The second-order valence-corrected chi connectivity index (χ2v) is 10.6. The molecule has 2 saturated heterocycles. The van der Waals surface area contributed by atoms with Gasteiger partial charge >= 0.3 is 6.18 Å². The third-order valence-corrected chi connectivity index (χ3v) is 8.18. The molecule has 4 heterocycles. The first kappa shape index (κ1) is 23.0. The van der Waals surface area contributed by atoms with E-state index >= 15 is 0 Å². The number of piperazine rings is 1. The number of sulfonamides is 1. The summed E-state index contributed by atoms with van der Waals surface area (Å²) in [5, 5.41) is 3.56. The SMILES string of the molecule is CCS(=O)(=O)N1CCN(C2CC(c3ccnc4[nH]c(C)cc34)CC(=O)N2)C(C(F)(F)F)C1. The zero-order chi connectivity index (χ0) is 23.3. The number of aromatic amines is 1. The summed E-state index contributed by atoms with van der Waals surface area (Å²) in [7, 11) is -3.75. The molecule has 0 saturated carbocycles. The standard InChI is InChI=1S/C20H26F3N5O3S/c1-3-32(30,31)27-6-7-28(16(11-27)20(21,22)23)17-9-13(10-18(29)26-17)14-4-5-24-19-15(14)8-12(2)25-19/h4-5,8,13,16-17H,3,6-7,9-11H2,1-2H3,(H,24,25)(H,26,29). The molecule has 176 valence electrons. The van der Waals surface area contributed by atoms with E-state index in [1.54, 1.807) is 6.20 Å². The van der Waals surface area contributed by atoms with Crippen molar-refractivity contribution in [1.82, 2.24) is 24.5 Å². The van der Waals surface area contributed by atoms with Crippen LogP contribution in [0.4, 0.5) is 13.2 Å². The maximum atomic E-state index is 14.0. The maximum absolute atomic E-state index is 14.0. The summed E-state index contributed by atoms with van der Waals surface area (Å²) in [5.41, 5.74) is 2.45. The number of H-pyrrole nitrogens is 1. The summed E-state index contributed by atoms with van der Waals surface area (Å²) < 4.78 is 67.1. The number of carbonyl (C=O) groups is 1. The largest absolute Gasteiger partial charge is 0.405 e. The molecular formula is C20H26F3N5O3S. The van der Waals surface area contributed by atoms with Crippen molar-refractivity contribution in [2.24, 2.45) is 0 Å². The van der Waals surface area contributed by atoms with Crippen molar-refractivity contribution < 1.29 is 26.4 Å². The Bertz CT molecular complexity index is 1120. The zero-order valence-corrected chi connectivity index (χ0v) is 18.6. The second kappa shape index (κ2) is 8.31. The van der Waals surface area contributed by atoms with Crippen molar-refractivity contribution in [3.63, 3.8) is 0 Å². The normalized spacial score (nSPS) is 26.4. The number of pyridine rings is 1. The van der Waals surface area contributed by atoms with E-state index in [0.29, 0.717) is 12.1 Å². The fraction of sp³-hybridized carbons (Fsp3) is 0.600. The first-order valence-electron chi connectivity index (χ1n) is 10.5. The number of hydrogen-bond acceptors (Lipinski definition) is 5. The highest BCUT2D eigenvalue weighted by Gasteiger charge is 2.51. The van der Waals surface area contributed by atoms with Gasteiger partial charge in [0.2, 0.25) is 15.9 Å². The summed E-state index contributed by atoms with van der Waals surface area (Å²) in [5.74, 6) is -0.859. The lowest BCUT2D eigenvalue weighted by Gasteiger charge is -2.47. The molecule has 4 rings (SSSR count). The van der Waals surface area contributed by atoms with Crippen molar-refractivity contribution >= 4 is 27.0 Å². The molecule has 2 aliphatic rings. The van der Waals surface area contributed by atoms with Crippen molar-refractivity contribution in [3.8, 4) is 0 Å². The Morgan fingerprint density at radius 1 is 1.28 bits per heavy atom. The molecular weight excluding hydrogens is 447 g/mol. The van der Waals surface area contributed by atoms with E-state index in [9.17, 15) is 26.4 Å². The average Bonchev–Trinajstić information content (AvgIpc) is 3.12. The number of carbonyl (C=O) groups excluding carboxylic acids is 1. The highest BCUT2D eigenvalue weighted by Crippen LogP contribution is 2.37. The van der Waals surface area contributed by atoms with Crippen molar-refractivity contribution in [2.45, 2.75) is 51.0 Å². The van der Waals surface area contributed by atoms with Gasteiger partial charge in [-0.3, -0.25) is 9.69 Å². The quantitative estimate of drug-likeness (QED) is 0.709. The summed E-state index contributed by atoms with van der Waals surface area (Å²) >= 11 is 0. The van der Waals surface area contributed by atoms with Gasteiger partial charge in [-0.25, -0.2) is 13.4 Å². The number of aryl methyl sites for hydroxylation is 1. The Morgan fingerprint density at radius 3 is 2.72 bits per heavy atom. The molecule has 32 heavy (non-hydrogen) atoms. The second-order valence-electron chi connectivity index (χ2n) is 8.39. The Kier molecular flexibility index (Phi) is 5.97. The van der Waals surface area contributed by atoms with E-state index in [1.165, 1.54) is 11.8 Å². The number of hydrogen-bond donors (Lipinski definition) is 2. The lowest BCUT2D eigenvalue weighted by molar-refractivity contribution is -0.202. The van der Waals surface area contributed by atoms with Crippen LogP contribution in [0.1, 0.15) is 36.9 Å². The molecule has 2 fully saturated rings. The smallest absolute Gasteiger partial charge is 0.344 e. The zero-order valence-electron chi connectivity index (χ0n) is 17.8. The molecule has 1 amide bonds. The predicted molar refractivity (Wildman–Crippen MR) is 112 cm³/mol. The van der Waals surface area contributed by atoms with Gasteiger partial charge in [0.05, 0.1) is 11.9 Å². The number of halogens is 3. The molecule has 0 radical (unpaired) electrons. The van der Waals surface area contributed by atoms with Gasteiger partial charge in [-0.05, 0) is 43.9 Å². The molecule has 0 aliphatic carbocycles. The lowest BCUT2D eigenvalue weighted by atomic mass is 9.86. The van der Waals surface area contributed by atoms with Gasteiger partial charge in [-0.2, -0.15) is 17.5 Å². The van der Waals surface area contributed by atoms with Crippen LogP contribution in [0.15, 0.2) is 18.3 Å². The van der Waals surface area contributed by atoms with E-state index in [1.807, 2.05) is 19.1 Å². The van der Waals surface area contributed by atoms with E-state index in [0.717, 1.165) is 20.9 Å². The number of rotatable bonds is 4. The van der Waals surface area contributed by atoms with Crippen molar-refractivity contribution in [2.75, 3.05) is 25.4 Å². The number of amides is 1. The minimum atomic E-state index is -4.64. The number of nitrogens with zero attached hydrogens (tertiary/aromatic N) is 3. The van der Waals surface area contributed by atoms with Crippen LogP contribution >= 0.6 is 0 Å². The summed E-state index contributed by atoms with van der Waals surface area (Å²) in [4.78, 5) is 21.2. The Morgan fingerprint density at radius 2 is 2.03 bits per heavy atom. The first-order valence-corrected chi connectivity index (χ1v) is 12.1. The van der Waals surface area contributed by atoms with Crippen LogP contribution in [-0.4, -0.2) is 77.3 Å². The van der Waals surface area contributed by atoms with Crippen molar-refractivity contribution in [3.05, 3.63) is 29.6 Å². The Hall–Kier alpha value is -2.18. The lowest BCUT2D eigenvalue weighted by Crippen LogP contribution is -2.66. The molecule has 2 N–H and O–H groups in total. The fourth-order valence-electron chi connectivity index (χ4n) is 4.74. The van der Waals surface area contributed by atoms with Crippen LogP contribution in [0.25, 0.3) is 11.0 Å². The van der Waals surface area contributed by atoms with E-state index in [4.69, 9.17) is 0 Å². The number of alkyl halides is 3. The van der Waals surface area contributed by atoms with Crippen molar-refractivity contribution in [1.29, 1.82) is 0 Å². The van der Waals surface area contributed by atoms with Crippen LogP contribution in [0.3, 0.4) is 0 Å². The Balaban J connectivity index is 1.62. The molecule has 3 unspecified atom stereocenters. The van der Waals surface area contributed by atoms with Crippen LogP contribution in [0.2, 0.25) is 0 Å². The number of fused-ring (bicyclic) bond motifs is 1. The van der Waals surface area contributed by atoms with Gasteiger partial charge in [0.25, 0.3) is 0 Å². The molecule has 2 aromatic heterocycles. The van der Waals surface area contributed by atoms with Gasteiger partial charge in [-0.15, -0.1) is 0 Å². The molecule has 2 aliphatic heterocycles. The third kappa shape index (κ3) is 4.35. The van der Waals surface area contributed by atoms with Gasteiger partial charge < -0.3 is 10.3 Å². The maximum Gasteiger partial charge on any atom is 0.405 e. The number of nitrogens with one attached hydrogen (secondary N) is 2. The van der Waals surface area contributed by atoms with Crippen LogP contribution in [0, 0.1) is 6.92 Å². The monoisotopic (exact) mass is 473 g/mol.